The molecule has 2 aliphatic heterocycles. The molecule has 31 heavy (non-hydrogen) atoms. The number of fused-ring (bicyclic) bond motifs is 2. The molecular weight excluding hydrogens is 392 g/mol. The summed E-state index contributed by atoms with van der Waals surface area (Å²) in [6, 6.07) is 16.8. The second-order valence-corrected chi connectivity index (χ2v) is 7.38. The maximum absolute atomic E-state index is 13.2. The SMILES string of the molecule is O=C(/C=C1\NCCc2cc3c(cc21)OCCCO3)c1cccnc1Oc1ccccc1. The Labute approximate surface area is 180 Å². The zero-order valence-corrected chi connectivity index (χ0v) is 17.0. The van der Waals surface area contributed by atoms with E-state index < -0.39 is 0 Å². The number of para-hydroxylation sites is 1. The third kappa shape index (κ3) is 4.10. The summed E-state index contributed by atoms with van der Waals surface area (Å²) in [5.41, 5.74) is 3.26. The molecule has 0 amide bonds. The second kappa shape index (κ2) is 8.52. The zero-order valence-electron chi connectivity index (χ0n) is 17.0. The molecule has 0 saturated heterocycles. The van der Waals surface area contributed by atoms with Crippen LogP contribution < -0.4 is 19.5 Å². The number of carbonyl (C=O) groups is 1. The Kier molecular flexibility index (Phi) is 5.27. The van der Waals surface area contributed by atoms with Crippen LogP contribution in [0.2, 0.25) is 0 Å². The van der Waals surface area contributed by atoms with Crippen LogP contribution in [0, 0.1) is 0 Å². The van der Waals surface area contributed by atoms with E-state index in [2.05, 4.69) is 10.3 Å². The summed E-state index contributed by atoms with van der Waals surface area (Å²) in [4.78, 5) is 17.5. The zero-order chi connectivity index (χ0) is 21.0. The standard InChI is InChI=1S/C25H22N2O4/c28-22(19-8-4-10-27-25(19)31-18-6-2-1-3-7-18)16-21-20-15-24-23(29-12-5-13-30-24)14-17(20)9-11-26-21/h1-4,6-8,10,14-16,26H,5,9,11-13H2/b21-16-. The van der Waals surface area contributed by atoms with Gasteiger partial charge >= 0.3 is 0 Å². The van der Waals surface area contributed by atoms with E-state index in [-0.39, 0.29) is 11.7 Å². The van der Waals surface area contributed by atoms with Crippen LogP contribution in [-0.4, -0.2) is 30.5 Å². The van der Waals surface area contributed by atoms with Gasteiger partial charge in [-0.3, -0.25) is 4.79 Å². The molecule has 3 aromatic rings. The molecule has 3 heterocycles. The van der Waals surface area contributed by atoms with E-state index in [1.807, 2.05) is 42.5 Å². The topological polar surface area (TPSA) is 69.7 Å². The highest BCUT2D eigenvalue weighted by atomic mass is 16.5. The van der Waals surface area contributed by atoms with Crippen LogP contribution in [0.25, 0.3) is 5.70 Å². The lowest BCUT2D eigenvalue weighted by molar-refractivity contribution is 0.104. The van der Waals surface area contributed by atoms with Crippen molar-refractivity contribution < 1.29 is 19.0 Å². The molecule has 0 atom stereocenters. The van der Waals surface area contributed by atoms with E-state index in [4.69, 9.17) is 14.2 Å². The predicted octanol–water partition coefficient (Wildman–Crippen LogP) is 4.40. The summed E-state index contributed by atoms with van der Waals surface area (Å²) < 4.78 is 17.5. The van der Waals surface area contributed by atoms with Crippen molar-refractivity contribution in [2.45, 2.75) is 12.8 Å². The number of aromatic nitrogens is 1. The van der Waals surface area contributed by atoms with Gasteiger partial charge in [-0.15, -0.1) is 0 Å². The summed E-state index contributed by atoms with van der Waals surface area (Å²) >= 11 is 0. The van der Waals surface area contributed by atoms with E-state index in [1.54, 1.807) is 24.4 Å². The summed E-state index contributed by atoms with van der Waals surface area (Å²) in [7, 11) is 0. The number of benzene rings is 2. The largest absolute Gasteiger partial charge is 0.490 e. The lowest BCUT2D eigenvalue weighted by Gasteiger charge is -2.23. The fourth-order valence-corrected chi connectivity index (χ4v) is 3.73. The van der Waals surface area contributed by atoms with Crippen LogP contribution in [0.4, 0.5) is 0 Å². The molecule has 6 nitrogen and oxygen atoms in total. The van der Waals surface area contributed by atoms with E-state index in [0.717, 1.165) is 42.0 Å². The van der Waals surface area contributed by atoms with Crippen LogP contribution in [0.3, 0.4) is 0 Å². The number of ketones is 1. The number of rotatable bonds is 4. The summed E-state index contributed by atoms with van der Waals surface area (Å²) in [6.45, 7) is 2.01. The first-order valence-electron chi connectivity index (χ1n) is 10.4. The van der Waals surface area contributed by atoms with Crippen LogP contribution >= 0.6 is 0 Å². The molecule has 0 radical (unpaired) electrons. The molecule has 2 aliphatic rings. The average Bonchev–Trinajstić information content (AvgIpc) is 3.04. The van der Waals surface area contributed by atoms with E-state index in [1.165, 1.54) is 0 Å². The molecule has 2 aromatic carbocycles. The van der Waals surface area contributed by atoms with Crippen LogP contribution in [-0.2, 0) is 6.42 Å². The number of carbonyl (C=O) groups excluding carboxylic acids is 1. The Morgan fingerprint density at radius 2 is 1.84 bits per heavy atom. The maximum atomic E-state index is 13.2. The van der Waals surface area contributed by atoms with Gasteiger partial charge in [-0.2, -0.15) is 0 Å². The van der Waals surface area contributed by atoms with Gasteiger partial charge < -0.3 is 19.5 Å². The first-order chi connectivity index (χ1) is 15.3. The predicted molar refractivity (Wildman–Crippen MR) is 117 cm³/mol. The highest BCUT2D eigenvalue weighted by molar-refractivity contribution is 6.10. The van der Waals surface area contributed by atoms with Gasteiger partial charge in [0.15, 0.2) is 17.3 Å². The number of hydrogen-bond donors (Lipinski definition) is 1. The summed E-state index contributed by atoms with van der Waals surface area (Å²) in [6.07, 6.45) is 4.93. The Morgan fingerprint density at radius 1 is 1.03 bits per heavy atom. The smallest absolute Gasteiger partial charge is 0.230 e. The molecule has 1 aromatic heterocycles. The van der Waals surface area contributed by atoms with Gasteiger partial charge in [-0.05, 0) is 48.4 Å². The van der Waals surface area contributed by atoms with Gasteiger partial charge in [0.25, 0.3) is 0 Å². The Morgan fingerprint density at radius 3 is 2.68 bits per heavy atom. The molecular formula is C25H22N2O4. The highest BCUT2D eigenvalue weighted by Crippen LogP contribution is 2.36. The lowest BCUT2D eigenvalue weighted by Crippen LogP contribution is -2.23. The molecule has 0 saturated carbocycles. The maximum Gasteiger partial charge on any atom is 0.230 e. The van der Waals surface area contributed by atoms with Crippen LogP contribution in [0.1, 0.15) is 27.9 Å². The molecule has 1 N–H and O–H groups in total. The van der Waals surface area contributed by atoms with Crippen molar-refractivity contribution in [3.63, 3.8) is 0 Å². The Balaban J connectivity index is 1.47. The molecule has 0 fully saturated rings. The minimum absolute atomic E-state index is 0.179. The van der Waals surface area contributed by atoms with Crippen molar-refractivity contribution >= 4 is 11.5 Å². The fraction of sp³-hybridized carbons (Fsp3) is 0.200. The minimum atomic E-state index is -0.179. The van der Waals surface area contributed by atoms with Gasteiger partial charge in [0, 0.05) is 36.5 Å². The van der Waals surface area contributed by atoms with Crippen LogP contribution in [0.15, 0.2) is 66.9 Å². The molecule has 156 valence electrons. The highest BCUT2D eigenvalue weighted by Gasteiger charge is 2.22. The number of pyridine rings is 1. The van der Waals surface area contributed by atoms with E-state index >= 15 is 0 Å². The van der Waals surface area contributed by atoms with Crippen molar-refractivity contribution in [3.05, 3.63) is 83.6 Å². The summed E-state index contributed by atoms with van der Waals surface area (Å²) in [5, 5.41) is 3.35. The van der Waals surface area contributed by atoms with Gasteiger partial charge in [-0.1, -0.05) is 18.2 Å². The second-order valence-electron chi connectivity index (χ2n) is 7.38. The van der Waals surface area contributed by atoms with Gasteiger partial charge in [0.1, 0.15) is 5.75 Å². The first kappa shape index (κ1) is 19.2. The van der Waals surface area contributed by atoms with Crippen molar-refractivity contribution in [1.82, 2.24) is 10.3 Å². The fourth-order valence-electron chi connectivity index (χ4n) is 3.73. The van der Waals surface area contributed by atoms with E-state index in [9.17, 15) is 4.79 Å². The first-order valence-corrected chi connectivity index (χ1v) is 10.4. The van der Waals surface area contributed by atoms with Crippen LogP contribution in [0.5, 0.6) is 23.1 Å². The molecule has 0 unspecified atom stereocenters. The molecule has 6 heteroatoms. The number of nitrogens with one attached hydrogen (secondary N) is 1. The molecule has 0 spiro atoms. The van der Waals surface area contributed by atoms with E-state index in [0.29, 0.717) is 30.3 Å². The van der Waals surface area contributed by atoms with Gasteiger partial charge in [0.2, 0.25) is 5.88 Å². The number of ether oxygens (including phenoxy) is 3. The molecule has 0 aliphatic carbocycles. The lowest BCUT2D eigenvalue weighted by atomic mass is 9.96. The summed E-state index contributed by atoms with van der Waals surface area (Å²) in [5.74, 6) is 2.22. The third-order valence-electron chi connectivity index (χ3n) is 5.24. The number of allylic oxidation sites excluding steroid dienone is 1. The van der Waals surface area contributed by atoms with Crippen molar-refractivity contribution in [2.75, 3.05) is 19.8 Å². The van der Waals surface area contributed by atoms with Crippen molar-refractivity contribution in [1.29, 1.82) is 0 Å². The minimum Gasteiger partial charge on any atom is -0.490 e. The Bertz CT molecular complexity index is 1140. The average molecular weight is 414 g/mol. The van der Waals surface area contributed by atoms with Gasteiger partial charge in [-0.25, -0.2) is 4.98 Å². The monoisotopic (exact) mass is 414 g/mol. The quantitative estimate of drug-likeness (QED) is 0.504. The molecule has 0 bridgehead atoms. The third-order valence-corrected chi connectivity index (χ3v) is 5.24. The van der Waals surface area contributed by atoms with Gasteiger partial charge in [0.05, 0.1) is 18.8 Å². The molecule has 5 rings (SSSR count). The van der Waals surface area contributed by atoms with Crippen molar-refractivity contribution in [2.24, 2.45) is 0 Å². The number of nitrogens with zero attached hydrogens (tertiary/aromatic N) is 1. The number of hydrogen-bond acceptors (Lipinski definition) is 6. The van der Waals surface area contributed by atoms with Crippen molar-refractivity contribution in [3.8, 4) is 23.1 Å². The normalized spacial score (nSPS) is 16.1. The Hall–Kier alpha value is -3.80.